The topological polar surface area (TPSA) is 68.3 Å². The van der Waals surface area contributed by atoms with E-state index in [1.807, 2.05) is 6.92 Å². The molecule has 20 heavy (non-hydrogen) atoms. The quantitative estimate of drug-likeness (QED) is 0.893. The van der Waals surface area contributed by atoms with Crippen molar-refractivity contribution >= 4 is 31.6 Å². The minimum absolute atomic E-state index is 0.175. The van der Waals surface area contributed by atoms with E-state index in [1.54, 1.807) is 30.3 Å². The Morgan fingerprint density at radius 3 is 2.60 bits per heavy atom. The van der Waals surface area contributed by atoms with E-state index in [0.29, 0.717) is 22.6 Å². The van der Waals surface area contributed by atoms with E-state index >= 15 is 0 Å². The van der Waals surface area contributed by atoms with Crippen molar-refractivity contribution in [2.75, 3.05) is 11.3 Å². The second-order valence-corrected chi connectivity index (χ2v) is 6.36. The van der Waals surface area contributed by atoms with Crippen molar-refractivity contribution < 1.29 is 13.2 Å². The number of hydrogen-bond donors (Lipinski definition) is 1. The first kappa shape index (κ1) is 14.8. The molecule has 0 amide bonds. The summed E-state index contributed by atoms with van der Waals surface area (Å²) in [6.07, 6.45) is 1.42. The number of nitrogens with zero attached hydrogens (tertiary/aromatic N) is 1. The van der Waals surface area contributed by atoms with Gasteiger partial charge in [-0.2, -0.15) is 0 Å². The highest BCUT2D eigenvalue weighted by atomic mass is 79.9. The van der Waals surface area contributed by atoms with E-state index in [0.717, 1.165) is 0 Å². The van der Waals surface area contributed by atoms with Crippen molar-refractivity contribution in [3.63, 3.8) is 0 Å². The largest absolute Gasteiger partial charge is 0.478 e. The first-order valence-electron chi connectivity index (χ1n) is 5.89. The summed E-state index contributed by atoms with van der Waals surface area (Å²) < 4.78 is 32.6. The summed E-state index contributed by atoms with van der Waals surface area (Å²) in [5.41, 5.74) is 0.379. The first-order valence-corrected chi connectivity index (χ1v) is 8.17. The van der Waals surface area contributed by atoms with Crippen LogP contribution in [0, 0.1) is 0 Å². The third-order valence-electron chi connectivity index (χ3n) is 2.41. The van der Waals surface area contributed by atoms with Crippen molar-refractivity contribution in [3.8, 4) is 5.88 Å². The Bertz CT molecular complexity index is 687. The molecule has 0 fully saturated rings. The molecule has 1 heterocycles. The van der Waals surface area contributed by atoms with Crippen molar-refractivity contribution in [1.29, 1.82) is 0 Å². The van der Waals surface area contributed by atoms with Crippen molar-refractivity contribution in [3.05, 3.63) is 47.1 Å². The number of hydrogen-bond acceptors (Lipinski definition) is 4. The Morgan fingerprint density at radius 2 is 2.00 bits per heavy atom. The van der Waals surface area contributed by atoms with Gasteiger partial charge >= 0.3 is 0 Å². The van der Waals surface area contributed by atoms with Gasteiger partial charge in [-0.25, -0.2) is 13.4 Å². The Hall–Kier alpha value is -1.60. The molecular weight excluding hydrogens is 344 g/mol. The molecule has 1 N–H and O–H groups in total. The molecule has 0 atom stereocenters. The number of pyridine rings is 1. The molecule has 0 spiro atoms. The number of nitrogens with one attached hydrogen (secondary N) is 1. The van der Waals surface area contributed by atoms with Crippen LogP contribution >= 0.6 is 15.9 Å². The van der Waals surface area contributed by atoms with Gasteiger partial charge in [0.05, 0.1) is 18.5 Å². The van der Waals surface area contributed by atoms with Gasteiger partial charge in [0.15, 0.2) is 0 Å². The van der Waals surface area contributed by atoms with Gasteiger partial charge in [-0.15, -0.1) is 0 Å². The lowest BCUT2D eigenvalue weighted by Crippen LogP contribution is -2.13. The average molecular weight is 357 g/mol. The molecular formula is C13H13BrN2O3S. The Labute approximate surface area is 126 Å². The van der Waals surface area contributed by atoms with Crippen molar-refractivity contribution in [1.82, 2.24) is 4.98 Å². The van der Waals surface area contributed by atoms with Gasteiger partial charge in [-0.1, -0.05) is 12.1 Å². The van der Waals surface area contributed by atoms with Gasteiger partial charge < -0.3 is 4.74 Å². The molecule has 0 unspecified atom stereocenters. The lowest BCUT2D eigenvalue weighted by molar-refractivity contribution is 0.327. The fourth-order valence-corrected chi connectivity index (χ4v) is 3.59. The SMILES string of the molecule is CCOc1ccc(NS(=O)(=O)c2ccccc2Br)cn1. The van der Waals surface area contributed by atoms with Crippen LogP contribution in [0.4, 0.5) is 5.69 Å². The van der Waals surface area contributed by atoms with Crippen LogP contribution in [-0.2, 0) is 10.0 Å². The van der Waals surface area contributed by atoms with Crippen LogP contribution in [0.1, 0.15) is 6.92 Å². The standard InChI is InChI=1S/C13H13BrN2O3S/c1-2-19-13-8-7-10(9-15-13)16-20(17,18)12-6-4-3-5-11(12)14/h3-9,16H,2H2,1H3. The van der Waals surface area contributed by atoms with Gasteiger partial charge in [0.25, 0.3) is 10.0 Å². The predicted octanol–water partition coefficient (Wildman–Crippen LogP) is 3.04. The summed E-state index contributed by atoms with van der Waals surface area (Å²) in [5, 5.41) is 0. The fourth-order valence-electron chi connectivity index (χ4n) is 1.55. The number of anilines is 1. The minimum Gasteiger partial charge on any atom is -0.478 e. The first-order chi connectivity index (χ1) is 9.53. The second-order valence-electron chi connectivity index (χ2n) is 3.85. The zero-order valence-electron chi connectivity index (χ0n) is 10.7. The molecule has 2 rings (SSSR count). The van der Waals surface area contributed by atoms with Crippen molar-refractivity contribution in [2.24, 2.45) is 0 Å². The summed E-state index contributed by atoms with van der Waals surface area (Å²) in [7, 11) is -3.65. The van der Waals surface area contributed by atoms with E-state index in [2.05, 4.69) is 25.6 Å². The molecule has 0 saturated carbocycles. The third-order valence-corrected chi connectivity index (χ3v) is 4.80. The number of halogens is 1. The molecule has 0 radical (unpaired) electrons. The van der Waals surface area contributed by atoms with Crippen LogP contribution in [0.3, 0.4) is 0 Å². The zero-order chi connectivity index (χ0) is 14.6. The highest BCUT2D eigenvalue weighted by Crippen LogP contribution is 2.23. The summed E-state index contributed by atoms with van der Waals surface area (Å²) in [5.74, 6) is 0.455. The molecule has 0 aliphatic heterocycles. The van der Waals surface area contributed by atoms with Gasteiger partial charge in [0.1, 0.15) is 4.90 Å². The molecule has 0 aliphatic rings. The zero-order valence-corrected chi connectivity index (χ0v) is 13.1. The number of sulfonamides is 1. The highest BCUT2D eigenvalue weighted by molar-refractivity contribution is 9.10. The normalized spacial score (nSPS) is 11.1. The Balaban J connectivity index is 2.22. The van der Waals surface area contributed by atoms with Crippen LogP contribution in [0.15, 0.2) is 52.0 Å². The molecule has 0 aliphatic carbocycles. The van der Waals surface area contributed by atoms with E-state index in [9.17, 15) is 8.42 Å². The van der Waals surface area contributed by atoms with E-state index in [1.165, 1.54) is 12.3 Å². The lowest BCUT2D eigenvalue weighted by Gasteiger charge is -2.09. The van der Waals surface area contributed by atoms with E-state index < -0.39 is 10.0 Å². The Kier molecular flexibility index (Phi) is 4.61. The van der Waals surface area contributed by atoms with Gasteiger partial charge in [-0.3, -0.25) is 4.72 Å². The smallest absolute Gasteiger partial charge is 0.263 e. The van der Waals surface area contributed by atoms with Crippen LogP contribution in [0.25, 0.3) is 0 Å². The third kappa shape index (κ3) is 3.49. The van der Waals surface area contributed by atoms with Crippen LogP contribution < -0.4 is 9.46 Å². The maximum atomic E-state index is 12.2. The summed E-state index contributed by atoms with van der Waals surface area (Å²) >= 11 is 3.22. The molecule has 0 saturated heterocycles. The van der Waals surface area contributed by atoms with Crippen LogP contribution in [-0.4, -0.2) is 20.0 Å². The fraction of sp³-hybridized carbons (Fsp3) is 0.154. The molecule has 5 nitrogen and oxygen atoms in total. The molecule has 2 aromatic rings. The second kappa shape index (κ2) is 6.23. The highest BCUT2D eigenvalue weighted by Gasteiger charge is 2.17. The molecule has 0 bridgehead atoms. The van der Waals surface area contributed by atoms with Gasteiger partial charge in [-0.05, 0) is 41.1 Å². The van der Waals surface area contributed by atoms with Gasteiger partial charge in [0, 0.05) is 10.5 Å². The maximum absolute atomic E-state index is 12.2. The molecule has 1 aromatic carbocycles. The van der Waals surface area contributed by atoms with E-state index in [4.69, 9.17) is 4.74 Å². The number of benzene rings is 1. The summed E-state index contributed by atoms with van der Waals surface area (Å²) in [4.78, 5) is 4.18. The predicted molar refractivity (Wildman–Crippen MR) is 80.4 cm³/mol. The number of ether oxygens (including phenoxy) is 1. The monoisotopic (exact) mass is 356 g/mol. The van der Waals surface area contributed by atoms with E-state index in [-0.39, 0.29) is 4.90 Å². The van der Waals surface area contributed by atoms with Gasteiger partial charge in [0.2, 0.25) is 5.88 Å². The summed E-state index contributed by atoms with van der Waals surface area (Å²) in [6, 6.07) is 9.82. The van der Waals surface area contributed by atoms with Crippen LogP contribution in [0.2, 0.25) is 0 Å². The summed E-state index contributed by atoms with van der Waals surface area (Å²) in [6.45, 7) is 2.36. The van der Waals surface area contributed by atoms with Crippen molar-refractivity contribution in [2.45, 2.75) is 11.8 Å². The minimum atomic E-state index is -3.65. The number of aromatic nitrogens is 1. The average Bonchev–Trinajstić information content (AvgIpc) is 2.41. The molecule has 106 valence electrons. The number of rotatable bonds is 5. The Morgan fingerprint density at radius 1 is 1.25 bits per heavy atom. The molecule has 7 heteroatoms. The maximum Gasteiger partial charge on any atom is 0.263 e. The van der Waals surface area contributed by atoms with Crippen LogP contribution in [0.5, 0.6) is 5.88 Å². The lowest BCUT2D eigenvalue weighted by atomic mass is 10.4. The molecule has 1 aromatic heterocycles.